The van der Waals surface area contributed by atoms with E-state index in [4.69, 9.17) is 5.11 Å². The third kappa shape index (κ3) is 4.42. The summed E-state index contributed by atoms with van der Waals surface area (Å²) < 4.78 is 4.68. The van der Waals surface area contributed by atoms with Gasteiger partial charge in [0.25, 0.3) is 0 Å². The van der Waals surface area contributed by atoms with E-state index >= 15 is 0 Å². The topological polar surface area (TPSA) is 83.9 Å². The molecule has 98 valence electrons. The molecule has 0 unspecified atom stereocenters. The van der Waals surface area contributed by atoms with Gasteiger partial charge in [-0.25, -0.2) is 4.79 Å². The second kappa shape index (κ2) is 6.22. The first-order valence-electron chi connectivity index (χ1n) is 5.39. The zero-order valence-corrected chi connectivity index (χ0v) is 10.6. The number of hydrogen-bond acceptors (Lipinski definition) is 4. The Balaban J connectivity index is 4.33. The number of carboxylic acid groups (broad SMARTS) is 1. The van der Waals surface area contributed by atoms with Crippen LogP contribution in [-0.2, 0) is 19.1 Å². The molecule has 6 nitrogen and oxygen atoms in total. The average molecular weight is 245 g/mol. The number of nitrogens with zero attached hydrogens (tertiary/aromatic N) is 1. The number of hydrogen-bond donors (Lipinski definition) is 1. The second-order valence-corrected chi connectivity index (χ2v) is 4.12. The summed E-state index contributed by atoms with van der Waals surface area (Å²) in [5.74, 6) is -1.95. The SMILES string of the molecule is CCOC(=O)CCC(=O)N(C)C(C)(C)C(=O)O. The molecule has 0 bridgehead atoms. The van der Waals surface area contributed by atoms with Crippen LogP contribution in [0.4, 0.5) is 0 Å². The van der Waals surface area contributed by atoms with E-state index in [1.165, 1.54) is 20.9 Å². The fourth-order valence-electron chi connectivity index (χ4n) is 1.07. The van der Waals surface area contributed by atoms with Gasteiger partial charge in [0.15, 0.2) is 0 Å². The molecule has 0 aliphatic carbocycles. The van der Waals surface area contributed by atoms with Gasteiger partial charge >= 0.3 is 11.9 Å². The third-order valence-corrected chi connectivity index (χ3v) is 2.58. The predicted octanol–water partition coefficient (Wildman–Crippen LogP) is 0.651. The van der Waals surface area contributed by atoms with E-state index in [9.17, 15) is 14.4 Å². The van der Waals surface area contributed by atoms with Crippen molar-refractivity contribution >= 4 is 17.8 Å². The Labute approximate surface area is 101 Å². The Kier molecular flexibility index (Phi) is 5.64. The number of ether oxygens (including phenoxy) is 1. The van der Waals surface area contributed by atoms with Crippen molar-refractivity contribution in [3.05, 3.63) is 0 Å². The van der Waals surface area contributed by atoms with E-state index in [0.29, 0.717) is 0 Å². The van der Waals surface area contributed by atoms with E-state index in [2.05, 4.69) is 4.74 Å². The quantitative estimate of drug-likeness (QED) is 0.695. The van der Waals surface area contributed by atoms with Crippen molar-refractivity contribution in [1.82, 2.24) is 4.90 Å². The molecule has 17 heavy (non-hydrogen) atoms. The van der Waals surface area contributed by atoms with Gasteiger partial charge in [-0.15, -0.1) is 0 Å². The van der Waals surface area contributed by atoms with Gasteiger partial charge in [0.1, 0.15) is 5.54 Å². The Morgan fingerprint density at radius 1 is 1.24 bits per heavy atom. The van der Waals surface area contributed by atoms with Crippen LogP contribution in [-0.4, -0.2) is 47.0 Å². The van der Waals surface area contributed by atoms with Gasteiger partial charge in [0.2, 0.25) is 5.91 Å². The lowest BCUT2D eigenvalue weighted by Gasteiger charge is -2.31. The van der Waals surface area contributed by atoms with Gasteiger partial charge in [-0.2, -0.15) is 0 Å². The van der Waals surface area contributed by atoms with Crippen LogP contribution in [0.2, 0.25) is 0 Å². The standard InChI is InChI=1S/C11H19NO5/c1-5-17-9(14)7-6-8(13)12(4)11(2,3)10(15)16/h5-7H2,1-4H3,(H,15,16). The van der Waals surface area contributed by atoms with Crippen molar-refractivity contribution in [2.24, 2.45) is 0 Å². The first kappa shape index (κ1) is 15.4. The molecule has 0 saturated heterocycles. The summed E-state index contributed by atoms with van der Waals surface area (Å²) in [5.41, 5.74) is -1.29. The van der Waals surface area contributed by atoms with Crippen molar-refractivity contribution in [2.75, 3.05) is 13.7 Å². The van der Waals surface area contributed by atoms with Crippen LogP contribution in [0.15, 0.2) is 0 Å². The maximum atomic E-state index is 11.7. The Bertz CT molecular complexity index is 311. The number of rotatable bonds is 6. The molecular weight excluding hydrogens is 226 g/mol. The molecule has 0 aromatic carbocycles. The molecule has 0 aliphatic rings. The molecule has 0 saturated carbocycles. The summed E-state index contributed by atoms with van der Waals surface area (Å²) in [7, 11) is 1.40. The molecule has 0 radical (unpaired) electrons. The number of likely N-dealkylation sites (N-methyl/N-ethyl adjacent to an activating group) is 1. The number of esters is 1. The molecule has 0 rings (SSSR count). The summed E-state index contributed by atoms with van der Waals surface area (Å²) in [5, 5.41) is 8.94. The molecule has 1 N–H and O–H groups in total. The fourth-order valence-corrected chi connectivity index (χ4v) is 1.07. The summed E-state index contributed by atoms with van der Waals surface area (Å²) >= 11 is 0. The van der Waals surface area contributed by atoms with E-state index in [-0.39, 0.29) is 19.4 Å². The Hall–Kier alpha value is -1.59. The summed E-state index contributed by atoms with van der Waals surface area (Å²) in [6.07, 6.45) is -0.0846. The molecule has 0 aliphatic heterocycles. The highest BCUT2D eigenvalue weighted by atomic mass is 16.5. The maximum absolute atomic E-state index is 11.7. The molecule has 0 heterocycles. The van der Waals surface area contributed by atoms with Gasteiger partial charge in [-0.05, 0) is 20.8 Å². The molecule has 0 aromatic rings. The van der Waals surface area contributed by atoms with Gasteiger partial charge < -0.3 is 14.7 Å². The molecule has 1 amide bonds. The fraction of sp³-hybridized carbons (Fsp3) is 0.727. The van der Waals surface area contributed by atoms with Crippen molar-refractivity contribution in [1.29, 1.82) is 0 Å². The minimum atomic E-state index is -1.29. The lowest BCUT2D eigenvalue weighted by atomic mass is 10.0. The molecule has 0 atom stereocenters. The van der Waals surface area contributed by atoms with Crippen LogP contribution in [0.3, 0.4) is 0 Å². The first-order valence-corrected chi connectivity index (χ1v) is 5.39. The normalized spacial score (nSPS) is 10.8. The predicted molar refractivity (Wildman–Crippen MR) is 60.4 cm³/mol. The van der Waals surface area contributed by atoms with E-state index < -0.39 is 23.4 Å². The monoisotopic (exact) mass is 245 g/mol. The van der Waals surface area contributed by atoms with E-state index in [1.807, 2.05) is 0 Å². The number of carbonyl (C=O) groups excluding carboxylic acids is 2. The zero-order chi connectivity index (χ0) is 13.6. The van der Waals surface area contributed by atoms with Crippen LogP contribution < -0.4 is 0 Å². The molecular formula is C11H19NO5. The summed E-state index contributed by atoms with van der Waals surface area (Å²) in [4.78, 5) is 34.7. The first-order chi connectivity index (χ1) is 7.73. The molecule has 6 heteroatoms. The maximum Gasteiger partial charge on any atom is 0.329 e. The zero-order valence-electron chi connectivity index (χ0n) is 10.6. The van der Waals surface area contributed by atoms with Gasteiger partial charge in [0, 0.05) is 13.5 Å². The number of aliphatic carboxylic acids is 1. The molecule has 0 fully saturated rings. The van der Waals surface area contributed by atoms with Crippen LogP contribution in [0, 0.1) is 0 Å². The minimum absolute atomic E-state index is 0.0350. The van der Waals surface area contributed by atoms with Crippen LogP contribution >= 0.6 is 0 Å². The van der Waals surface area contributed by atoms with Crippen LogP contribution in [0.25, 0.3) is 0 Å². The summed E-state index contributed by atoms with van der Waals surface area (Å²) in [6, 6.07) is 0. The lowest BCUT2D eigenvalue weighted by molar-refractivity contribution is -0.156. The lowest BCUT2D eigenvalue weighted by Crippen LogP contribution is -2.50. The Morgan fingerprint density at radius 2 is 1.76 bits per heavy atom. The van der Waals surface area contributed by atoms with E-state index in [0.717, 1.165) is 4.90 Å². The largest absolute Gasteiger partial charge is 0.480 e. The highest BCUT2D eigenvalue weighted by Crippen LogP contribution is 2.14. The van der Waals surface area contributed by atoms with Crippen LogP contribution in [0.5, 0.6) is 0 Å². The number of carbonyl (C=O) groups is 3. The van der Waals surface area contributed by atoms with Gasteiger partial charge in [0.05, 0.1) is 13.0 Å². The van der Waals surface area contributed by atoms with E-state index in [1.54, 1.807) is 6.92 Å². The molecule has 0 aromatic heterocycles. The number of carboxylic acids is 1. The average Bonchev–Trinajstić information content (AvgIpc) is 2.24. The highest BCUT2D eigenvalue weighted by molar-refractivity contribution is 5.87. The number of amides is 1. The third-order valence-electron chi connectivity index (χ3n) is 2.58. The van der Waals surface area contributed by atoms with Crippen molar-refractivity contribution in [3.8, 4) is 0 Å². The van der Waals surface area contributed by atoms with Gasteiger partial charge in [-0.3, -0.25) is 9.59 Å². The smallest absolute Gasteiger partial charge is 0.329 e. The Morgan fingerprint density at radius 3 is 2.18 bits per heavy atom. The molecule has 0 spiro atoms. The highest BCUT2D eigenvalue weighted by Gasteiger charge is 2.34. The summed E-state index contributed by atoms with van der Waals surface area (Å²) in [6.45, 7) is 4.80. The van der Waals surface area contributed by atoms with Crippen LogP contribution in [0.1, 0.15) is 33.6 Å². The second-order valence-electron chi connectivity index (χ2n) is 4.12. The minimum Gasteiger partial charge on any atom is -0.480 e. The van der Waals surface area contributed by atoms with Crippen molar-refractivity contribution < 1.29 is 24.2 Å². The van der Waals surface area contributed by atoms with Crippen molar-refractivity contribution in [2.45, 2.75) is 39.2 Å². The van der Waals surface area contributed by atoms with Gasteiger partial charge in [-0.1, -0.05) is 0 Å². The van der Waals surface area contributed by atoms with Crippen molar-refractivity contribution in [3.63, 3.8) is 0 Å².